The molecular weight excluding hydrogens is 267 g/mol. The number of ether oxygens (including phenoxy) is 1. The number of hydrogen-bond acceptors (Lipinski definition) is 4. The van der Waals surface area contributed by atoms with Crippen molar-refractivity contribution in [3.63, 3.8) is 0 Å². The summed E-state index contributed by atoms with van der Waals surface area (Å²) >= 11 is 0. The number of halogens is 1. The molecule has 2 aromatic rings. The zero-order valence-electron chi connectivity index (χ0n) is 10.1. The Kier molecular flexibility index (Phi) is 3.60. The molecule has 2 N–H and O–H groups in total. The molecule has 102 valence electrons. The van der Waals surface area contributed by atoms with Crippen LogP contribution in [0.5, 0.6) is 11.5 Å². The Balaban J connectivity index is 2.44. The van der Waals surface area contributed by atoms with E-state index in [-0.39, 0.29) is 17.1 Å². The first-order valence-corrected chi connectivity index (χ1v) is 5.49. The first kappa shape index (κ1) is 13.5. The van der Waals surface area contributed by atoms with Gasteiger partial charge in [0, 0.05) is 11.6 Å². The van der Waals surface area contributed by atoms with Crippen LogP contribution in [-0.2, 0) is 0 Å². The van der Waals surface area contributed by atoms with Crippen LogP contribution < -0.4 is 10.5 Å². The van der Waals surface area contributed by atoms with Gasteiger partial charge in [-0.2, -0.15) is 0 Å². The third kappa shape index (κ3) is 2.72. The van der Waals surface area contributed by atoms with Crippen molar-refractivity contribution >= 4 is 11.6 Å². The zero-order valence-corrected chi connectivity index (χ0v) is 10.1. The van der Waals surface area contributed by atoms with Crippen LogP contribution in [0.15, 0.2) is 42.5 Å². The van der Waals surface area contributed by atoms with E-state index in [0.29, 0.717) is 0 Å². The van der Waals surface area contributed by atoms with Crippen LogP contribution in [0.1, 0.15) is 10.4 Å². The van der Waals surface area contributed by atoms with Gasteiger partial charge in [-0.25, -0.2) is 4.39 Å². The topological polar surface area (TPSA) is 95.5 Å². The highest BCUT2D eigenvalue weighted by molar-refractivity contribution is 5.93. The predicted molar refractivity (Wildman–Crippen MR) is 68.1 cm³/mol. The Bertz CT molecular complexity index is 688. The Morgan fingerprint density at radius 2 is 1.90 bits per heavy atom. The van der Waals surface area contributed by atoms with Gasteiger partial charge in [0.1, 0.15) is 0 Å². The minimum absolute atomic E-state index is 0.0300. The van der Waals surface area contributed by atoms with Crippen LogP contribution >= 0.6 is 0 Å². The average molecular weight is 276 g/mol. The molecule has 0 unspecified atom stereocenters. The second-order valence-electron chi connectivity index (χ2n) is 3.84. The lowest BCUT2D eigenvalue weighted by molar-refractivity contribution is -0.385. The highest BCUT2D eigenvalue weighted by Crippen LogP contribution is 2.33. The van der Waals surface area contributed by atoms with E-state index < -0.39 is 22.3 Å². The van der Waals surface area contributed by atoms with Crippen molar-refractivity contribution in [2.45, 2.75) is 0 Å². The summed E-state index contributed by atoms with van der Waals surface area (Å²) in [6.45, 7) is 0. The van der Waals surface area contributed by atoms with Gasteiger partial charge in [-0.15, -0.1) is 0 Å². The van der Waals surface area contributed by atoms with Crippen molar-refractivity contribution in [1.29, 1.82) is 0 Å². The maximum atomic E-state index is 13.4. The van der Waals surface area contributed by atoms with Crippen LogP contribution in [0.4, 0.5) is 10.1 Å². The van der Waals surface area contributed by atoms with Gasteiger partial charge in [-0.05, 0) is 24.3 Å². The van der Waals surface area contributed by atoms with E-state index in [2.05, 4.69) is 0 Å². The molecule has 7 heteroatoms. The second-order valence-corrected chi connectivity index (χ2v) is 3.84. The molecule has 0 radical (unpaired) electrons. The molecule has 0 fully saturated rings. The van der Waals surface area contributed by atoms with E-state index in [1.165, 1.54) is 36.4 Å². The number of carbonyl (C=O) groups is 1. The molecule has 2 rings (SSSR count). The summed E-state index contributed by atoms with van der Waals surface area (Å²) in [5.41, 5.74) is 4.55. The van der Waals surface area contributed by atoms with E-state index in [9.17, 15) is 19.3 Å². The molecule has 20 heavy (non-hydrogen) atoms. The van der Waals surface area contributed by atoms with E-state index >= 15 is 0 Å². The summed E-state index contributed by atoms with van der Waals surface area (Å²) in [6.07, 6.45) is 0. The molecule has 0 heterocycles. The van der Waals surface area contributed by atoms with Crippen molar-refractivity contribution in [3.05, 3.63) is 64.0 Å². The molecule has 0 aliphatic heterocycles. The quantitative estimate of drug-likeness (QED) is 0.685. The van der Waals surface area contributed by atoms with E-state index in [4.69, 9.17) is 10.5 Å². The maximum Gasteiger partial charge on any atom is 0.312 e. The number of amides is 1. The fourth-order valence-electron chi connectivity index (χ4n) is 1.55. The normalized spacial score (nSPS) is 10.1. The molecule has 0 saturated heterocycles. The number of nitro benzene ring substituents is 1. The monoisotopic (exact) mass is 276 g/mol. The van der Waals surface area contributed by atoms with Gasteiger partial charge in [-0.3, -0.25) is 14.9 Å². The number of nitrogens with zero attached hydrogens (tertiary/aromatic N) is 1. The van der Waals surface area contributed by atoms with Crippen molar-refractivity contribution < 1.29 is 18.8 Å². The van der Waals surface area contributed by atoms with Crippen LogP contribution in [0, 0.1) is 15.9 Å². The molecule has 0 saturated carbocycles. The van der Waals surface area contributed by atoms with Gasteiger partial charge < -0.3 is 10.5 Å². The van der Waals surface area contributed by atoms with Gasteiger partial charge in [-0.1, -0.05) is 12.1 Å². The Labute approximate surface area is 112 Å². The number of nitrogens with two attached hydrogens (primary N) is 1. The number of rotatable bonds is 4. The van der Waals surface area contributed by atoms with Crippen LogP contribution in [0.3, 0.4) is 0 Å². The summed E-state index contributed by atoms with van der Waals surface area (Å²) in [6, 6.07) is 8.95. The van der Waals surface area contributed by atoms with Crippen molar-refractivity contribution in [2.75, 3.05) is 0 Å². The van der Waals surface area contributed by atoms with Gasteiger partial charge in [0.15, 0.2) is 11.6 Å². The SMILES string of the molecule is NC(=O)c1ccc(Oc2ccccc2F)c([N+](=O)[O-])c1. The lowest BCUT2D eigenvalue weighted by atomic mass is 10.2. The lowest BCUT2D eigenvalue weighted by Crippen LogP contribution is -2.11. The predicted octanol–water partition coefficient (Wildman–Crippen LogP) is 2.63. The van der Waals surface area contributed by atoms with Gasteiger partial charge in [0.2, 0.25) is 11.7 Å². The number of carbonyl (C=O) groups excluding carboxylic acids is 1. The van der Waals surface area contributed by atoms with Crippen LogP contribution in [0.25, 0.3) is 0 Å². The maximum absolute atomic E-state index is 13.4. The third-order valence-electron chi connectivity index (χ3n) is 2.50. The first-order valence-electron chi connectivity index (χ1n) is 5.49. The molecule has 2 aromatic carbocycles. The molecular formula is C13H9FN2O4. The van der Waals surface area contributed by atoms with Crippen LogP contribution in [-0.4, -0.2) is 10.8 Å². The van der Waals surface area contributed by atoms with E-state index in [1.807, 2.05) is 0 Å². The second kappa shape index (κ2) is 5.35. The lowest BCUT2D eigenvalue weighted by Gasteiger charge is -2.07. The van der Waals surface area contributed by atoms with Gasteiger partial charge >= 0.3 is 5.69 Å². The standard InChI is InChI=1S/C13H9FN2O4/c14-9-3-1-2-4-11(9)20-12-6-5-8(13(15)17)7-10(12)16(18)19/h1-7H,(H2,15,17). The van der Waals surface area contributed by atoms with Gasteiger partial charge in [0.05, 0.1) is 4.92 Å². The summed E-state index contributed by atoms with van der Waals surface area (Å²) in [4.78, 5) is 21.2. The molecule has 0 aromatic heterocycles. The van der Waals surface area contributed by atoms with Crippen molar-refractivity contribution in [3.8, 4) is 11.5 Å². The summed E-state index contributed by atoms with van der Waals surface area (Å²) < 4.78 is 18.6. The van der Waals surface area contributed by atoms with Crippen LogP contribution in [0.2, 0.25) is 0 Å². The fraction of sp³-hybridized carbons (Fsp3) is 0. The summed E-state index contributed by atoms with van der Waals surface area (Å²) in [5, 5.41) is 11.0. The highest BCUT2D eigenvalue weighted by atomic mass is 19.1. The molecule has 0 aliphatic rings. The average Bonchev–Trinajstić information content (AvgIpc) is 2.41. The molecule has 6 nitrogen and oxygen atoms in total. The summed E-state index contributed by atoms with van der Waals surface area (Å²) in [7, 11) is 0. The largest absolute Gasteiger partial charge is 0.447 e. The molecule has 1 amide bonds. The zero-order chi connectivity index (χ0) is 14.7. The van der Waals surface area contributed by atoms with Crippen molar-refractivity contribution in [1.82, 2.24) is 0 Å². The van der Waals surface area contributed by atoms with E-state index in [0.717, 1.165) is 6.07 Å². The first-order chi connectivity index (χ1) is 9.49. The number of hydrogen-bond donors (Lipinski definition) is 1. The third-order valence-corrected chi connectivity index (χ3v) is 2.50. The van der Waals surface area contributed by atoms with Gasteiger partial charge in [0.25, 0.3) is 0 Å². The smallest absolute Gasteiger partial charge is 0.312 e. The Hall–Kier alpha value is -2.96. The number of nitro groups is 1. The van der Waals surface area contributed by atoms with E-state index in [1.54, 1.807) is 0 Å². The minimum atomic E-state index is -0.800. The number of primary amides is 1. The molecule has 0 atom stereocenters. The van der Waals surface area contributed by atoms with Crippen molar-refractivity contribution in [2.24, 2.45) is 5.73 Å². The Morgan fingerprint density at radius 1 is 1.20 bits per heavy atom. The molecule has 0 spiro atoms. The molecule has 0 bridgehead atoms. The number of para-hydroxylation sites is 1. The minimum Gasteiger partial charge on any atom is -0.447 e. The summed E-state index contributed by atoms with van der Waals surface area (Å²) in [5.74, 6) is -1.78. The molecule has 0 aliphatic carbocycles. The highest BCUT2D eigenvalue weighted by Gasteiger charge is 2.19. The fourth-order valence-corrected chi connectivity index (χ4v) is 1.55. The number of benzene rings is 2. The Morgan fingerprint density at radius 3 is 2.50 bits per heavy atom.